The fourth-order valence-corrected chi connectivity index (χ4v) is 2.62. The van der Waals surface area contributed by atoms with E-state index in [1.807, 2.05) is 67.7 Å². The number of nitrogens with one attached hydrogen (secondary N) is 2. The summed E-state index contributed by atoms with van der Waals surface area (Å²) in [5.41, 5.74) is 3.99. The lowest BCUT2D eigenvalue weighted by Crippen LogP contribution is -2.87. The summed E-state index contributed by atoms with van der Waals surface area (Å²) >= 11 is 0. The molecule has 0 fully saturated rings. The SMILES string of the molecule is Cc1cccc(C)c1NC(=O)CNC(=O)C[NH2+][C@@H](C)c1ccccc1. The molecule has 25 heavy (non-hydrogen) atoms. The Kier molecular flexibility index (Phi) is 6.71. The molecule has 0 bridgehead atoms. The first-order valence-electron chi connectivity index (χ1n) is 8.48. The second-order valence-corrected chi connectivity index (χ2v) is 6.23. The summed E-state index contributed by atoms with van der Waals surface area (Å²) in [6, 6.07) is 16.0. The largest absolute Gasteiger partial charge is 0.342 e. The van der Waals surface area contributed by atoms with Gasteiger partial charge in [0, 0.05) is 11.3 Å². The summed E-state index contributed by atoms with van der Waals surface area (Å²) in [4.78, 5) is 24.0. The summed E-state index contributed by atoms with van der Waals surface area (Å²) in [6.07, 6.45) is 0. The predicted molar refractivity (Wildman–Crippen MR) is 99.2 cm³/mol. The molecular formula is C20H26N3O2+. The fourth-order valence-electron chi connectivity index (χ4n) is 2.62. The number of nitrogens with two attached hydrogens (primary N) is 1. The average Bonchev–Trinajstić information content (AvgIpc) is 2.62. The van der Waals surface area contributed by atoms with Crippen molar-refractivity contribution in [3.8, 4) is 0 Å². The normalized spacial score (nSPS) is 11.6. The van der Waals surface area contributed by atoms with Gasteiger partial charge in [-0.15, -0.1) is 0 Å². The Morgan fingerprint density at radius 3 is 2.24 bits per heavy atom. The number of aryl methyl sites for hydroxylation is 2. The van der Waals surface area contributed by atoms with Gasteiger partial charge in [-0.2, -0.15) is 0 Å². The molecule has 0 saturated carbocycles. The molecule has 2 aromatic rings. The van der Waals surface area contributed by atoms with Crippen LogP contribution < -0.4 is 16.0 Å². The van der Waals surface area contributed by atoms with E-state index in [4.69, 9.17) is 0 Å². The summed E-state index contributed by atoms with van der Waals surface area (Å²) in [5.74, 6) is -0.374. The molecule has 2 amide bonds. The number of benzene rings is 2. The number of hydrogen-bond donors (Lipinski definition) is 3. The summed E-state index contributed by atoms with van der Waals surface area (Å²) in [7, 11) is 0. The lowest BCUT2D eigenvalue weighted by atomic mass is 10.1. The van der Waals surface area contributed by atoms with Crippen molar-refractivity contribution in [1.82, 2.24) is 5.32 Å². The van der Waals surface area contributed by atoms with Crippen LogP contribution in [0, 0.1) is 13.8 Å². The number of hydrogen-bond acceptors (Lipinski definition) is 2. The standard InChI is InChI=1S/C20H25N3O2/c1-14-8-7-9-15(2)20(14)23-19(25)13-22-18(24)12-21-16(3)17-10-5-4-6-11-17/h4-11,16,21H,12-13H2,1-3H3,(H,22,24)(H,23,25)/p+1/t16-/m0/s1. The third-order valence-corrected chi connectivity index (χ3v) is 4.17. The molecule has 1 atom stereocenters. The molecule has 132 valence electrons. The zero-order valence-electron chi connectivity index (χ0n) is 15.0. The molecular weight excluding hydrogens is 314 g/mol. The molecule has 0 heterocycles. The van der Waals surface area contributed by atoms with Crippen molar-refractivity contribution >= 4 is 17.5 Å². The van der Waals surface area contributed by atoms with Crippen LogP contribution in [-0.4, -0.2) is 24.9 Å². The van der Waals surface area contributed by atoms with E-state index in [-0.39, 0.29) is 30.9 Å². The number of quaternary nitrogens is 1. The highest BCUT2D eigenvalue weighted by molar-refractivity contribution is 5.95. The zero-order valence-corrected chi connectivity index (χ0v) is 15.0. The van der Waals surface area contributed by atoms with E-state index in [2.05, 4.69) is 17.6 Å². The molecule has 5 nitrogen and oxygen atoms in total. The van der Waals surface area contributed by atoms with Gasteiger partial charge < -0.3 is 16.0 Å². The van der Waals surface area contributed by atoms with Crippen LogP contribution in [0.1, 0.15) is 29.7 Å². The summed E-state index contributed by atoms with van der Waals surface area (Å²) < 4.78 is 0. The lowest BCUT2D eigenvalue weighted by Gasteiger charge is -2.13. The minimum atomic E-state index is -0.221. The minimum absolute atomic E-state index is 0.0276. The molecule has 2 aromatic carbocycles. The Labute approximate surface area is 148 Å². The third kappa shape index (κ3) is 5.72. The van der Waals surface area contributed by atoms with Crippen LogP contribution in [-0.2, 0) is 9.59 Å². The monoisotopic (exact) mass is 340 g/mol. The first-order valence-corrected chi connectivity index (χ1v) is 8.48. The van der Waals surface area contributed by atoms with Gasteiger partial charge in [0.1, 0.15) is 6.04 Å². The summed E-state index contributed by atoms with van der Waals surface area (Å²) in [6.45, 7) is 6.20. The third-order valence-electron chi connectivity index (χ3n) is 4.17. The summed E-state index contributed by atoms with van der Waals surface area (Å²) in [5, 5.41) is 7.48. The average molecular weight is 340 g/mol. The quantitative estimate of drug-likeness (QED) is 0.717. The van der Waals surface area contributed by atoms with Crippen LogP contribution >= 0.6 is 0 Å². The van der Waals surface area contributed by atoms with Gasteiger partial charge in [0.05, 0.1) is 6.54 Å². The second-order valence-electron chi connectivity index (χ2n) is 6.23. The maximum atomic E-state index is 12.0. The van der Waals surface area contributed by atoms with Gasteiger partial charge in [-0.3, -0.25) is 9.59 Å². The zero-order chi connectivity index (χ0) is 18.2. The Morgan fingerprint density at radius 1 is 0.960 bits per heavy atom. The molecule has 0 aromatic heterocycles. The van der Waals surface area contributed by atoms with Gasteiger partial charge in [-0.25, -0.2) is 0 Å². The van der Waals surface area contributed by atoms with Crippen molar-refractivity contribution in [2.24, 2.45) is 0 Å². The van der Waals surface area contributed by atoms with Crippen LogP contribution in [0.3, 0.4) is 0 Å². The highest BCUT2D eigenvalue weighted by Gasteiger charge is 2.12. The van der Waals surface area contributed by atoms with Crippen molar-refractivity contribution in [2.45, 2.75) is 26.8 Å². The van der Waals surface area contributed by atoms with E-state index >= 15 is 0 Å². The first-order chi connectivity index (χ1) is 12.0. The molecule has 0 radical (unpaired) electrons. The maximum absolute atomic E-state index is 12.0. The Hall–Kier alpha value is -2.66. The molecule has 0 aliphatic rings. The molecule has 5 heteroatoms. The molecule has 0 unspecified atom stereocenters. The molecule has 4 N–H and O–H groups in total. The predicted octanol–water partition coefficient (Wildman–Crippen LogP) is 1.68. The van der Waals surface area contributed by atoms with Gasteiger partial charge in [0.2, 0.25) is 5.91 Å². The van der Waals surface area contributed by atoms with Crippen molar-refractivity contribution in [1.29, 1.82) is 0 Å². The van der Waals surface area contributed by atoms with Crippen molar-refractivity contribution in [2.75, 3.05) is 18.4 Å². The van der Waals surface area contributed by atoms with Crippen LogP contribution in [0.2, 0.25) is 0 Å². The van der Waals surface area contributed by atoms with Gasteiger partial charge >= 0.3 is 0 Å². The molecule has 0 aliphatic carbocycles. The van der Waals surface area contributed by atoms with Crippen LogP contribution in [0.15, 0.2) is 48.5 Å². The first kappa shape index (κ1) is 18.7. The van der Waals surface area contributed by atoms with E-state index in [1.165, 1.54) is 5.56 Å². The molecule has 0 spiro atoms. The Morgan fingerprint density at radius 2 is 1.60 bits per heavy atom. The fraction of sp³-hybridized carbons (Fsp3) is 0.300. The molecule has 0 aliphatic heterocycles. The van der Waals surface area contributed by atoms with Crippen LogP contribution in [0.4, 0.5) is 5.69 Å². The van der Waals surface area contributed by atoms with Crippen molar-refractivity contribution in [3.63, 3.8) is 0 Å². The van der Waals surface area contributed by atoms with Gasteiger partial charge in [-0.05, 0) is 31.9 Å². The highest BCUT2D eigenvalue weighted by atomic mass is 16.2. The Balaban J connectivity index is 1.75. The van der Waals surface area contributed by atoms with Gasteiger partial charge in [0.25, 0.3) is 5.91 Å². The van der Waals surface area contributed by atoms with Crippen molar-refractivity contribution < 1.29 is 14.9 Å². The van der Waals surface area contributed by atoms with Crippen LogP contribution in [0.5, 0.6) is 0 Å². The number of carbonyl (C=O) groups is 2. The minimum Gasteiger partial charge on any atom is -0.342 e. The molecule has 2 rings (SSSR count). The van der Waals surface area contributed by atoms with E-state index in [0.717, 1.165) is 16.8 Å². The Bertz CT molecular complexity index is 709. The van der Waals surface area contributed by atoms with Crippen molar-refractivity contribution in [3.05, 3.63) is 65.2 Å². The highest BCUT2D eigenvalue weighted by Crippen LogP contribution is 2.18. The second kappa shape index (κ2) is 8.99. The van der Waals surface area contributed by atoms with Crippen LogP contribution in [0.25, 0.3) is 0 Å². The topological polar surface area (TPSA) is 74.8 Å². The number of carbonyl (C=O) groups excluding carboxylic acids is 2. The van der Waals surface area contributed by atoms with E-state index in [0.29, 0.717) is 0 Å². The number of para-hydroxylation sites is 1. The maximum Gasteiger partial charge on any atom is 0.275 e. The number of rotatable bonds is 7. The number of anilines is 1. The van der Waals surface area contributed by atoms with Gasteiger partial charge in [0.15, 0.2) is 6.54 Å². The van der Waals surface area contributed by atoms with E-state index in [1.54, 1.807) is 0 Å². The smallest absolute Gasteiger partial charge is 0.275 e. The van der Waals surface area contributed by atoms with E-state index in [9.17, 15) is 9.59 Å². The lowest BCUT2D eigenvalue weighted by molar-refractivity contribution is -0.682. The van der Waals surface area contributed by atoms with Gasteiger partial charge in [-0.1, -0.05) is 48.5 Å². The molecule has 0 saturated heterocycles. The van der Waals surface area contributed by atoms with E-state index < -0.39 is 0 Å². The number of amides is 2.